The molecule has 72 valence electrons. The van der Waals surface area contributed by atoms with Crippen LogP contribution in [-0.2, 0) is 11.2 Å². The molecule has 0 amide bonds. The Labute approximate surface area is 85.5 Å². The molecule has 0 aliphatic heterocycles. The fraction of sp³-hybridized carbons (Fsp3) is 0.455. The maximum atomic E-state index is 5.42. The number of ether oxygens (including phenoxy) is 1. The maximum absolute atomic E-state index is 5.42. The van der Waals surface area contributed by atoms with E-state index >= 15 is 0 Å². The van der Waals surface area contributed by atoms with Crippen LogP contribution in [0.4, 0.5) is 0 Å². The van der Waals surface area contributed by atoms with Crippen LogP contribution in [0, 0.1) is 0 Å². The molecule has 1 aromatic rings. The number of methoxy groups -OCH3 is 1. The minimum Gasteiger partial charge on any atom is -0.377 e. The molecular formula is C11H15ClO. The number of hydrogen-bond acceptors (Lipinski definition) is 1. The lowest BCUT2D eigenvalue weighted by Gasteiger charge is -2.23. The van der Waals surface area contributed by atoms with Crippen LogP contribution in [0.3, 0.4) is 0 Å². The Morgan fingerprint density at radius 2 is 2.08 bits per heavy atom. The number of fused-ring (bicyclic) bond motifs is 1. The van der Waals surface area contributed by atoms with Crippen molar-refractivity contribution in [2.75, 3.05) is 7.11 Å². The van der Waals surface area contributed by atoms with Crippen molar-refractivity contribution in [3.63, 3.8) is 0 Å². The van der Waals surface area contributed by atoms with E-state index in [-0.39, 0.29) is 12.4 Å². The molecule has 0 radical (unpaired) electrons. The van der Waals surface area contributed by atoms with Crippen molar-refractivity contribution in [2.45, 2.75) is 25.4 Å². The summed E-state index contributed by atoms with van der Waals surface area (Å²) >= 11 is 0. The number of rotatable bonds is 1. The van der Waals surface area contributed by atoms with Gasteiger partial charge in [-0.05, 0) is 30.4 Å². The van der Waals surface area contributed by atoms with Gasteiger partial charge in [-0.3, -0.25) is 0 Å². The van der Waals surface area contributed by atoms with E-state index in [1.807, 2.05) is 0 Å². The highest BCUT2D eigenvalue weighted by Crippen LogP contribution is 2.31. The van der Waals surface area contributed by atoms with Crippen LogP contribution in [-0.4, -0.2) is 7.11 Å². The van der Waals surface area contributed by atoms with Gasteiger partial charge in [0.1, 0.15) is 0 Å². The lowest BCUT2D eigenvalue weighted by Crippen LogP contribution is -2.10. The summed E-state index contributed by atoms with van der Waals surface area (Å²) in [6.45, 7) is 0. The molecule has 0 bridgehead atoms. The number of aryl methyl sites for hydroxylation is 1. The molecule has 1 aromatic carbocycles. The Balaban J connectivity index is 0.000000845. The van der Waals surface area contributed by atoms with E-state index in [0.29, 0.717) is 6.10 Å². The molecule has 1 aliphatic carbocycles. The minimum absolute atomic E-state index is 0. The van der Waals surface area contributed by atoms with Gasteiger partial charge in [0.15, 0.2) is 0 Å². The molecule has 1 unspecified atom stereocenters. The van der Waals surface area contributed by atoms with Crippen LogP contribution >= 0.6 is 12.4 Å². The Morgan fingerprint density at radius 3 is 2.85 bits per heavy atom. The van der Waals surface area contributed by atoms with E-state index < -0.39 is 0 Å². The van der Waals surface area contributed by atoms with Crippen molar-refractivity contribution >= 4 is 12.4 Å². The number of halogens is 1. The lowest BCUT2D eigenvalue weighted by molar-refractivity contribution is 0.0881. The zero-order chi connectivity index (χ0) is 8.39. The second-order valence-electron chi connectivity index (χ2n) is 3.32. The predicted octanol–water partition coefficient (Wildman–Crippen LogP) is 3.13. The summed E-state index contributed by atoms with van der Waals surface area (Å²) in [5.74, 6) is 0. The first kappa shape index (κ1) is 10.6. The summed E-state index contributed by atoms with van der Waals surface area (Å²) in [6.07, 6.45) is 3.99. The highest BCUT2D eigenvalue weighted by atomic mass is 35.5. The molecule has 2 heteroatoms. The Bertz CT molecular complexity index is 273. The first-order chi connectivity index (χ1) is 5.92. The molecule has 1 aliphatic rings. The van der Waals surface area contributed by atoms with E-state index in [1.165, 1.54) is 30.4 Å². The average molecular weight is 199 g/mol. The molecule has 2 rings (SSSR count). The predicted molar refractivity (Wildman–Crippen MR) is 56.4 cm³/mol. The third-order valence-electron chi connectivity index (χ3n) is 2.60. The second-order valence-corrected chi connectivity index (χ2v) is 3.32. The van der Waals surface area contributed by atoms with Gasteiger partial charge >= 0.3 is 0 Å². The highest BCUT2D eigenvalue weighted by Gasteiger charge is 2.18. The van der Waals surface area contributed by atoms with E-state index in [9.17, 15) is 0 Å². The fourth-order valence-corrected chi connectivity index (χ4v) is 1.95. The second kappa shape index (κ2) is 4.64. The molecule has 0 spiro atoms. The molecule has 13 heavy (non-hydrogen) atoms. The van der Waals surface area contributed by atoms with Gasteiger partial charge in [-0.25, -0.2) is 0 Å². The van der Waals surface area contributed by atoms with Gasteiger partial charge in [-0.2, -0.15) is 0 Å². The van der Waals surface area contributed by atoms with Crippen LogP contribution in [0.2, 0.25) is 0 Å². The standard InChI is InChI=1S/C11H14O.ClH/c1-12-11-8-4-6-9-5-2-3-7-10(9)11;/h2-3,5,7,11H,4,6,8H2,1H3;1H. The van der Waals surface area contributed by atoms with Gasteiger partial charge < -0.3 is 4.74 Å². The lowest BCUT2D eigenvalue weighted by atomic mass is 9.89. The monoisotopic (exact) mass is 198 g/mol. The molecule has 0 fully saturated rings. The average Bonchev–Trinajstić information content (AvgIpc) is 2.17. The molecule has 0 N–H and O–H groups in total. The van der Waals surface area contributed by atoms with Gasteiger partial charge in [0, 0.05) is 7.11 Å². The largest absolute Gasteiger partial charge is 0.377 e. The van der Waals surface area contributed by atoms with Gasteiger partial charge in [-0.1, -0.05) is 24.3 Å². The van der Waals surface area contributed by atoms with E-state index in [4.69, 9.17) is 4.74 Å². The SMILES string of the molecule is COC1CCCc2ccccc21.Cl. The first-order valence-corrected chi connectivity index (χ1v) is 4.52. The number of hydrogen-bond donors (Lipinski definition) is 0. The summed E-state index contributed by atoms with van der Waals surface area (Å²) in [4.78, 5) is 0. The highest BCUT2D eigenvalue weighted by molar-refractivity contribution is 5.85. The molecular weight excluding hydrogens is 184 g/mol. The fourth-order valence-electron chi connectivity index (χ4n) is 1.95. The van der Waals surface area contributed by atoms with Crippen molar-refractivity contribution in [2.24, 2.45) is 0 Å². The summed E-state index contributed by atoms with van der Waals surface area (Å²) < 4.78 is 5.42. The van der Waals surface area contributed by atoms with Gasteiger partial charge in [-0.15, -0.1) is 12.4 Å². The third kappa shape index (κ3) is 2.04. The van der Waals surface area contributed by atoms with Gasteiger partial charge in [0.2, 0.25) is 0 Å². The third-order valence-corrected chi connectivity index (χ3v) is 2.60. The zero-order valence-electron chi connectivity index (χ0n) is 7.82. The van der Waals surface area contributed by atoms with Gasteiger partial charge in [0.25, 0.3) is 0 Å². The Kier molecular flexibility index (Phi) is 3.76. The normalized spacial score (nSPS) is 20.2. The van der Waals surface area contributed by atoms with E-state index in [1.54, 1.807) is 7.11 Å². The van der Waals surface area contributed by atoms with Crippen LogP contribution in [0.25, 0.3) is 0 Å². The molecule has 1 nitrogen and oxygen atoms in total. The first-order valence-electron chi connectivity index (χ1n) is 4.52. The van der Waals surface area contributed by atoms with Crippen LogP contribution < -0.4 is 0 Å². The zero-order valence-corrected chi connectivity index (χ0v) is 8.64. The summed E-state index contributed by atoms with van der Waals surface area (Å²) in [6, 6.07) is 8.59. The van der Waals surface area contributed by atoms with Gasteiger partial charge in [0.05, 0.1) is 6.10 Å². The van der Waals surface area contributed by atoms with Crippen molar-refractivity contribution < 1.29 is 4.74 Å². The number of benzene rings is 1. The molecule has 0 saturated carbocycles. The molecule has 0 saturated heterocycles. The van der Waals surface area contributed by atoms with Crippen LogP contribution in [0.15, 0.2) is 24.3 Å². The van der Waals surface area contributed by atoms with Crippen molar-refractivity contribution in [3.8, 4) is 0 Å². The summed E-state index contributed by atoms with van der Waals surface area (Å²) in [5.41, 5.74) is 2.86. The smallest absolute Gasteiger partial charge is 0.0823 e. The van der Waals surface area contributed by atoms with E-state index in [0.717, 1.165) is 0 Å². The Morgan fingerprint density at radius 1 is 1.31 bits per heavy atom. The van der Waals surface area contributed by atoms with E-state index in [2.05, 4.69) is 24.3 Å². The van der Waals surface area contributed by atoms with Crippen molar-refractivity contribution in [1.82, 2.24) is 0 Å². The Hall–Kier alpha value is -0.530. The molecule has 1 atom stereocenters. The van der Waals surface area contributed by atoms with Crippen molar-refractivity contribution in [1.29, 1.82) is 0 Å². The minimum atomic E-state index is 0. The summed E-state index contributed by atoms with van der Waals surface area (Å²) in [5, 5.41) is 0. The maximum Gasteiger partial charge on any atom is 0.0823 e. The van der Waals surface area contributed by atoms with Crippen LogP contribution in [0.1, 0.15) is 30.1 Å². The molecule has 0 aromatic heterocycles. The quantitative estimate of drug-likeness (QED) is 0.674. The topological polar surface area (TPSA) is 9.23 Å². The van der Waals surface area contributed by atoms with Crippen molar-refractivity contribution in [3.05, 3.63) is 35.4 Å². The summed E-state index contributed by atoms with van der Waals surface area (Å²) in [7, 11) is 1.80. The molecule has 0 heterocycles. The van der Waals surface area contributed by atoms with Crippen LogP contribution in [0.5, 0.6) is 0 Å².